The zero-order valence-corrected chi connectivity index (χ0v) is 15.0. The summed E-state index contributed by atoms with van der Waals surface area (Å²) in [5, 5.41) is 4.38. The van der Waals surface area contributed by atoms with E-state index in [0.29, 0.717) is 6.54 Å². The van der Waals surface area contributed by atoms with Gasteiger partial charge in [-0.1, -0.05) is 6.92 Å². The van der Waals surface area contributed by atoms with Crippen LogP contribution >= 0.6 is 11.3 Å². The summed E-state index contributed by atoms with van der Waals surface area (Å²) in [6, 6.07) is 0. The van der Waals surface area contributed by atoms with Crippen molar-refractivity contribution >= 4 is 23.3 Å². The Balaban J connectivity index is 1.95. The van der Waals surface area contributed by atoms with Gasteiger partial charge >= 0.3 is 5.97 Å². The van der Waals surface area contributed by atoms with E-state index in [1.54, 1.807) is 11.3 Å². The monoisotopic (exact) mass is 338 g/mol. The van der Waals surface area contributed by atoms with Crippen molar-refractivity contribution < 1.29 is 9.53 Å². The molecular weight excluding hydrogens is 312 g/mol. The van der Waals surface area contributed by atoms with Crippen LogP contribution in [0.4, 0.5) is 0 Å². The van der Waals surface area contributed by atoms with Crippen molar-refractivity contribution in [3.63, 3.8) is 0 Å². The Hall–Kier alpha value is -1.63. The maximum atomic E-state index is 11.6. The quantitative estimate of drug-likeness (QED) is 0.506. The lowest BCUT2D eigenvalue weighted by molar-refractivity contribution is -0.146. The lowest BCUT2D eigenvalue weighted by Gasteiger charge is -2.33. The van der Waals surface area contributed by atoms with Crippen molar-refractivity contribution in [1.82, 2.24) is 15.2 Å². The van der Waals surface area contributed by atoms with E-state index >= 15 is 0 Å². The summed E-state index contributed by atoms with van der Waals surface area (Å²) in [4.78, 5) is 24.3. The predicted octanol–water partition coefficient (Wildman–Crippen LogP) is 2.06. The molecule has 0 spiro atoms. The fourth-order valence-electron chi connectivity index (χ4n) is 2.65. The third-order valence-corrected chi connectivity index (χ3v) is 5.10. The molecule has 7 heteroatoms. The van der Waals surface area contributed by atoms with E-state index in [4.69, 9.17) is 9.73 Å². The number of aliphatic imine (C=N–C) groups is 1. The van der Waals surface area contributed by atoms with E-state index in [-0.39, 0.29) is 11.9 Å². The summed E-state index contributed by atoms with van der Waals surface area (Å²) in [5.74, 6) is 0.829. The van der Waals surface area contributed by atoms with E-state index in [9.17, 15) is 4.79 Å². The van der Waals surface area contributed by atoms with E-state index < -0.39 is 0 Å². The number of rotatable bonds is 5. The molecule has 0 unspecified atom stereocenters. The van der Waals surface area contributed by atoms with E-state index in [1.165, 1.54) is 12.0 Å². The summed E-state index contributed by atoms with van der Waals surface area (Å²) in [6.07, 6.45) is 4.58. The molecule has 0 atom stereocenters. The first-order valence-corrected chi connectivity index (χ1v) is 9.04. The fourth-order valence-corrected chi connectivity index (χ4v) is 3.43. The summed E-state index contributed by atoms with van der Waals surface area (Å²) in [5.41, 5.74) is 0. The lowest BCUT2D eigenvalue weighted by atomic mass is 9.97. The highest BCUT2D eigenvalue weighted by Crippen LogP contribution is 2.19. The largest absolute Gasteiger partial charge is 0.469 e. The highest BCUT2D eigenvalue weighted by Gasteiger charge is 2.26. The Labute approximate surface area is 142 Å². The number of likely N-dealkylation sites (tertiary alicyclic amines) is 1. The topological polar surface area (TPSA) is 66.8 Å². The Morgan fingerprint density at radius 1 is 1.48 bits per heavy atom. The summed E-state index contributed by atoms with van der Waals surface area (Å²) >= 11 is 1.72. The number of ether oxygens (including phenoxy) is 1. The number of esters is 1. The Bertz CT molecular complexity index is 536. The van der Waals surface area contributed by atoms with Crippen molar-refractivity contribution in [3.8, 4) is 0 Å². The zero-order valence-electron chi connectivity index (χ0n) is 14.2. The Kier molecular flexibility index (Phi) is 6.83. The maximum Gasteiger partial charge on any atom is 0.308 e. The van der Waals surface area contributed by atoms with Crippen molar-refractivity contribution in [2.45, 2.75) is 39.7 Å². The van der Waals surface area contributed by atoms with Crippen LogP contribution in [0.5, 0.6) is 0 Å². The zero-order chi connectivity index (χ0) is 16.7. The van der Waals surface area contributed by atoms with Gasteiger partial charge in [0.15, 0.2) is 5.96 Å². The maximum absolute atomic E-state index is 11.6. The number of nitrogens with one attached hydrogen (secondary N) is 1. The fraction of sp³-hybridized carbons (Fsp3) is 0.688. The molecule has 0 aromatic carbocycles. The molecule has 0 radical (unpaired) electrons. The van der Waals surface area contributed by atoms with Gasteiger partial charge in [0.1, 0.15) is 5.01 Å². The summed E-state index contributed by atoms with van der Waals surface area (Å²) < 4.78 is 4.84. The smallest absolute Gasteiger partial charge is 0.308 e. The Morgan fingerprint density at radius 2 is 2.22 bits per heavy atom. The van der Waals surface area contributed by atoms with Gasteiger partial charge in [-0.2, -0.15) is 0 Å². The highest BCUT2D eigenvalue weighted by molar-refractivity contribution is 7.11. The first-order chi connectivity index (χ1) is 11.2. The number of thiazole rings is 1. The number of carbonyl (C=O) groups excluding carboxylic acids is 1. The third kappa shape index (κ3) is 4.92. The minimum absolute atomic E-state index is 0.0187. The van der Waals surface area contributed by atoms with E-state index in [0.717, 1.165) is 49.9 Å². The molecule has 6 nitrogen and oxygen atoms in total. The molecule has 1 saturated heterocycles. The van der Waals surface area contributed by atoms with Gasteiger partial charge in [0.05, 0.1) is 19.6 Å². The second-order valence-electron chi connectivity index (χ2n) is 5.53. The number of hydrogen-bond acceptors (Lipinski definition) is 5. The molecule has 1 aliphatic rings. The minimum Gasteiger partial charge on any atom is -0.469 e. The number of hydrogen-bond donors (Lipinski definition) is 1. The second kappa shape index (κ2) is 8.86. The van der Waals surface area contributed by atoms with Gasteiger partial charge in [0, 0.05) is 30.7 Å². The molecule has 1 N–H and O–H groups in total. The minimum atomic E-state index is -0.0959. The molecule has 0 amide bonds. The average molecular weight is 338 g/mol. The number of nitrogens with zero attached hydrogens (tertiary/aromatic N) is 3. The van der Waals surface area contributed by atoms with Crippen molar-refractivity contribution in [1.29, 1.82) is 0 Å². The average Bonchev–Trinajstić information content (AvgIpc) is 3.06. The van der Waals surface area contributed by atoms with Crippen LogP contribution in [0.25, 0.3) is 0 Å². The third-order valence-electron chi connectivity index (χ3n) is 3.98. The van der Waals surface area contributed by atoms with Crippen LogP contribution in [0.1, 0.15) is 36.6 Å². The van der Waals surface area contributed by atoms with Crippen LogP contribution in [0.3, 0.4) is 0 Å². The molecule has 1 fully saturated rings. The Morgan fingerprint density at radius 3 is 2.78 bits per heavy atom. The van der Waals surface area contributed by atoms with Gasteiger partial charge in [-0.05, 0) is 26.2 Å². The van der Waals surface area contributed by atoms with Crippen LogP contribution in [-0.2, 0) is 22.5 Å². The number of aromatic nitrogens is 1. The summed E-state index contributed by atoms with van der Waals surface area (Å²) in [6.45, 7) is 7.27. The molecule has 1 aromatic heterocycles. The van der Waals surface area contributed by atoms with Gasteiger partial charge in [-0.15, -0.1) is 11.3 Å². The number of aryl methyl sites for hydroxylation is 1. The van der Waals surface area contributed by atoms with Gasteiger partial charge < -0.3 is 15.0 Å². The molecule has 1 aromatic rings. The molecule has 23 heavy (non-hydrogen) atoms. The second-order valence-corrected chi connectivity index (χ2v) is 6.73. The first-order valence-electron chi connectivity index (χ1n) is 8.22. The van der Waals surface area contributed by atoms with Crippen LogP contribution in [0, 0.1) is 5.92 Å². The van der Waals surface area contributed by atoms with Crippen molar-refractivity contribution in [2.24, 2.45) is 10.9 Å². The van der Waals surface area contributed by atoms with E-state index in [1.807, 2.05) is 6.20 Å². The molecule has 2 rings (SSSR count). The number of carbonyl (C=O) groups is 1. The van der Waals surface area contributed by atoms with Crippen LogP contribution in [0.2, 0.25) is 0 Å². The molecule has 1 aliphatic heterocycles. The normalized spacial score (nSPS) is 16.5. The first kappa shape index (κ1) is 17.7. The number of guanidine groups is 1. The van der Waals surface area contributed by atoms with Gasteiger partial charge in [-0.25, -0.2) is 9.98 Å². The van der Waals surface area contributed by atoms with Crippen LogP contribution < -0.4 is 5.32 Å². The molecule has 2 heterocycles. The molecule has 0 aliphatic carbocycles. The molecule has 0 saturated carbocycles. The van der Waals surface area contributed by atoms with Crippen molar-refractivity contribution in [3.05, 3.63) is 16.1 Å². The summed E-state index contributed by atoms with van der Waals surface area (Å²) in [7, 11) is 1.46. The lowest BCUT2D eigenvalue weighted by Crippen LogP contribution is -2.46. The standard InChI is InChI=1S/C16H26N4O2S/c1-4-13-10-18-14(23-13)11-19-16(17-5-2)20-8-6-12(7-9-20)15(21)22-3/h10,12H,4-9,11H2,1-3H3,(H,17,19). The SMILES string of the molecule is CCNC(=NCc1ncc(CC)s1)N1CCC(C(=O)OC)CC1. The highest BCUT2D eigenvalue weighted by atomic mass is 32.1. The van der Waals surface area contributed by atoms with Crippen molar-refractivity contribution in [2.75, 3.05) is 26.7 Å². The van der Waals surface area contributed by atoms with Gasteiger partial charge in [0.25, 0.3) is 0 Å². The van der Waals surface area contributed by atoms with Gasteiger partial charge in [0.2, 0.25) is 0 Å². The van der Waals surface area contributed by atoms with Crippen LogP contribution in [-0.4, -0.2) is 48.6 Å². The predicted molar refractivity (Wildman–Crippen MR) is 92.6 cm³/mol. The molecule has 0 bridgehead atoms. The van der Waals surface area contributed by atoms with E-state index in [2.05, 4.69) is 29.0 Å². The number of piperidine rings is 1. The molecule has 128 valence electrons. The number of methoxy groups -OCH3 is 1. The van der Waals surface area contributed by atoms with Gasteiger partial charge in [-0.3, -0.25) is 4.79 Å². The van der Waals surface area contributed by atoms with Crippen LogP contribution in [0.15, 0.2) is 11.2 Å². The molecular formula is C16H26N4O2S.